The molecule has 1 aromatic heterocycles. The van der Waals surface area contributed by atoms with Crippen molar-refractivity contribution in [1.29, 1.82) is 0 Å². The molecule has 0 fully saturated rings. The summed E-state index contributed by atoms with van der Waals surface area (Å²) >= 11 is 8.07. The van der Waals surface area contributed by atoms with Gasteiger partial charge in [-0.25, -0.2) is 0 Å². The van der Waals surface area contributed by atoms with Crippen LogP contribution in [0.4, 0.5) is 0 Å². The van der Waals surface area contributed by atoms with Crippen molar-refractivity contribution in [3.05, 3.63) is 46.2 Å². The highest BCUT2D eigenvalue weighted by Gasteiger charge is 2.11. The molecule has 0 aliphatic heterocycles. The quantitative estimate of drug-likeness (QED) is 0.809. The van der Waals surface area contributed by atoms with Crippen molar-refractivity contribution in [2.45, 2.75) is 44.0 Å². The van der Waals surface area contributed by atoms with E-state index in [4.69, 9.17) is 11.6 Å². The minimum atomic E-state index is 0.498. The van der Waals surface area contributed by atoms with Crippen LogP contribution in [0.1, 0.15) is 30.7 Å². The topological polar surface area (TPSA) is 29.9 Å². The molecule has 0 saturated carbocycles. The average Bonchev–Trinajstić information content (AvgIpc) is 2.68. The molecule has 2 rings (SSSR count). The zero-order chi connectivity index (χ0) is 15.4. The molecule has 0 aliphatic carbocycles. The van der Waals surface area contributed by atoms with Gasteiger partial charge in [0.05, 0.1) is 5.69 Å². The van der Waals surface area contributed by atoms with Gasteiger partial charge in [0, 0.05) is 35.8 Å². The summed E-state index contributed by atoms with van der Waals surface area (Å²) in [6, 6.07) is 9.14. The molecule has 5 heteroatoms. The Labute approximate surface area is 136 Å². The van der Waals surface area contributed by atoms with Gasteiger partial charge in [0.25, 0.3) is 0 Å². The number of nitrogens with zero attached hydrogens (tertiary/aromatic N) is 2. The highest BCUT2D eigenvalue weighted by atomic mass is 35.5. The Morgan fingerprint density at radius 3 is 2.76 bits per heavy atom. The number of rotatable bonds is 6. The van der Waals surface area contributed by atoms with E-state index < -0.39 is 0 Å². The molecule has 0 amide bonds. The van der Waals surface area contributed by atoms with Gasteiger partial charge in [-0.2, -0.15) is 5.10 Å². The smallest absolute Gasteiger partial charge is 0.131 e. The molecule has 0 saturated heterocycles. The van der Waals surface area contributed by atoms with Crippen molar-refractivity contribution in [1.82, 2.24) is 15.1 Å². The summed E-state index contributed by atoms with van der Waals surface area (Å²) < 4.78 is 1.73. The fourth-order valence-electron chi connectivity index (χ4n) is 2.06. The third-order valence-electron chi connectivity index (χ3n) is 3.27. The number of hydrogen-bond acceptors (Lipinski definition) is 3. The van der Waals surface area contributed by atoms with Gasteiger partial charge in [0.1, 0.15) is 5.15 Å². The Bertz CT molecular complexity index is 608. The van der Waals surface area contributed by atoms with Crippen molar-refractivity contribution in [3.8, 4) is 0 Å². The number of thioether (sulfide) groups is 1. The van der Waals surface area contributed by atoms with Gasteiger partial charge in [-0.3, -0.25) is 4.68 Å². The molecule has 1 aromatic carbocycles. The van der Waals surface area contributed by atoms with Crippen LogP contribution >= 0.6 is 23.4 Å². The van der Waals surface area contributed by atoms with E-state index in [0.29, 0.717) is 6.04 Å². The molecule has 0 aliphatic rings. The molecule has 0 bridgehead atoms. The minimum Gasteiger partial charge on any atom is -0.310 e. The van der Waals surface area contributed by atoms with Crippen molar-refractivity contribution in [2.75, 3.05) is 0 Å². The summed E-state index contributed by atoms with van der Waals surface area (Å²) in [4.78, 5) is 1.26. The largest absolute Gasteiger partial charge is 0.310 e. The Balaban J connectivity index is 2.01. The van der Waals surface area contributed by atoms with Crippen LogP contribution in [-0.4, -0.2) is 15.8 Å². The first kappa shape index (κ1) is 16.4. The summed E-state index contributed by atoms with van der Waals surface area (Å²) in [5.74, 6) is 0.847. The van der Waals surface area contributed by atoms with Crippen LogP contribution in [0.25, 0.3) is 0 Å². The molecular formula is C16H22ClN3S. The van der Waals surface area contributed by atoms with Crippen LogP contribution in [0.3, 0.4) is 0 Å². The lowest BCUT2D eigenvalue weighted by atomic mass is 10.2. The van der Waals surface area contributed by atoms with E-state index in [9.17, 15) is 0 Å². The van der Waals surface area contributed by atoms with Crippen molar-refractivity contribution >= 4 is 23.4 Å². The number of aromatic nitrogens is 2. The van der Waals surface area contributed by atoms with Crippen LogP contribution in [-0.2, 0) is 19.3 Å². The lowest BCUT2D eigenvalue weighted by molar-refractivity contribution is 0.588. The van der Waals surface area contributed by atoms with Gasteiger partial charge in [-0.1, -0.05) is 37.6 Å². The number of hydrogen-bond donors (Lipinski definition) is 1. The summed E-state index contributed by atoms with van der Waals surface area (Å²) in [6.45, 7) is 7.22. The molecule has 114 valence electrons. The number of halogens is 1. The molecule has 1 heterocycles. The van der Waals surface area contributed by atoms with E-state index in [0.717, 1.165) is 28.7 Å². The second kappa shape index (κ2) is 7.34. The number of aryl methyl sites for hydroxylation is 2. The van der Waals surface area contributed by atoms with Gasteiger partial charge < -0.3 is 5.32 Å². The Kier molecular flexibility index (Phi) is 5.73. The van der Waals surface area contributed by atoms with Crippen molar-refractivity contribution < 1.29 is 0 Å². The first-order valence-electron chi connectivity index (χ1n) is 7.10. The maximum atomic E-state index is 6.27. The SMILES string of the molecule is Cc1nn(C)c(Cl)c1CSc1cccc(CNC(C)C)c1. The monoisotopic (exact) mass is 323 g/mol. The van der Waals surface area contributed by atoms with E-state index in [1.54, 1.807) is 16.4 Å². The second-order valence-corrected chi connectivity index (χ2v) is 6.86. The van der Waals surface area contributed by atoms with Crippen LogP contribution in [0.5, 0.6) is 0 Å². The fourth-order valence-corrected chi connectivity index (χ4v) is 3.45. The van der Waals surface area contributed by atoms with Crippen molar-refractivity contribution in [3.63, 3.8) is 0 Å². The molecule has 0 atom stereocenters. The predicted molar refractivity (Wildman–Crippen MR) is 90.9 cm³/mol. The molecule has 0 radical (unpaired) electrons. The van der Waals surface area contributed by atoms with Gasteiger partial charge in [-0.15, -0.1) is 11.8 Å². The van der Waals surface area contributed by atoms with E-state index in [2.05, 4.69) is 48.5 Å². The van der Waals surface area contributed by atoms with Gasteiger partial charge >= 0.3 is 0 Å². The van der Waals surface area contributed by atoms with Crippen molar-refractivity contribution in [2.24, 2.45) is 7.05 Å². The van der Waals surface area contributed by atoms with E-state index in [1.807, 2.05) is 14.0 Å². The van der Waals surface area contributed by atoms with Crippen LogP contribution in [0, 0.1) is 6.92 Å². The molecule has 0 unspecified atom stereocenters. The van der Waals surface area contributed by atoms with Crippen LogP contribution in [0.2, 0.25) is 5.15 Å². The maximum absolute atomic E-state index is 6.27. The Hall–Kier alpha value is -0.970. The summed E-state index contributed by atoms with van der Waals surface area (Å²) in [7, 11) is 1.88. The molecular weight excluding hydrogens is 302 g/mol. The molecule has 0 spiro atoms. The first-order valence-corrected chi connectivity index (χ1v) is 8.47. The number of nitrogens with one attached hydrogen (secondary N) is 1. The van der Waals surface area contributed by atoms with Gasteiger partial charge in [0.15, 0.2) is 0 Å². The molecule has 2 aromatic rings. The molecule has 3 nitrogen and oxygen atoms in total. The predicted octanol–water partition coefficient (Wildman–Crippen LogP) is 4.17. The summed E-state index contributed by atoms with van der Waals surface area (Å²) in [5, 5.41) is 8.53. The zero-order valence-electron chi connectivity index (χ0n) is 13.0. The third-order valence-corrected chi connectivity index (χ3v) is 4.76. The standard InChI is InChI=1S/C16H22ClN3S/c1-11(2)18-9-13-6-5-7-14(8-13)21-10-15-12(3)19-20(4)16(15)17/h5-8,11,18H,9-10H2,1-4H3. The zero-order valence-corrected chi connectivity index (χ0v) is 14.6. The first-order chi connectivity index (χ1) is 9.97. The van der Waals surface area contributed by atoms with E-state index in [-0.39, 0.29) is 0 Å². The van der Waals surface area contributed by atoms with E-state index in [1.165, 1.54) is 10.5 Å². The Morgan fingerprint density at radius 1 is 1.38 bits per heavy atom. The fraction of sp³-hybridized carbons (Fsp3) is 0.438. The molecule has 21 heavy (non-hydrogen) atoms. The van der Waals surface area contributed by atoms with Crippen LogP contribution < -0.4 is 5.32 Å². The third kappa shape index (κ3) is 4.50. The van der Waals surface area contributed by atoms with Gasteiger partial charge in [-0.05, 0) is 24.6 Å². The van der Waals surface area contributed by atoms with Gasteiger partial charge in [0.2, 0.25) is 0 Å². The lowest BCUT2D eigenvalue weighted by Crippen LogP contribution is -2.21. The number of benzene rings is 1. The average molecular weight is 324 g/mol. The highest BCUT2D eigenvalue weighted by molar-refractivity contribution is 7.98. The maximum Gasteiger partial charge on any atom is 0.131 e. The lowest BCUT2D eigenvalue weighted by Gasteiger charge is -2.09. The van der Waals surface area contributed by atoms with Crippen LogP contribution in [0.15, 0.2) is 29.2 Å². The summed E-state index contributed by atoms with van der Waals surface area (Å²) in [5.41, 5.74) is 3.44. The minimum absolute atomic E-state index is 0.498. The normalized spacial score (nSPS) is 11.3. The highest BCUT2D eigenvalue weighted by Crippen LogP contribution is 2.28. The van der Waals surface area contributed by atoms with E-state index >= 15 is 0 Å². The molecule has 1 N–H and O–H groups in total. The Morgan fingerprint density at radius 2 is 2.14 bits per heavy atom. The second-order valence-electron chi connectivity index (χ2n) is 5.45. The summed E-state index contributed by atoms with van der Waals surface area (Å²) in [6.07, 6.45) is 0.